The summed E-state index contributed by atoms with van der Waals surface area (Å²) in [6.07, 6.45) is 1.32. The van der Waals surface area contributed by atoms with Crippen LogP contribution in [0.3, 0.4) is 0 Å². The monoisotopic (exact) mass is 409 g/mol. The summed E-state index contributed by atoms with van der Waals surface area (Å²) in [4.78, 5) is 35.4. The Hall–Kier alpha value is -4.34. The van der Waals surface area contributed by atoms with Gasteiger partial charge < -0.3 is 14.9 Å². The van der Waals surface area contributed by atoms with Gasteiger partial charge in [-0.15, -0.1) is 10.2 Å². The number of carbonyl (C=O) groups excluding carboxylic acids is 2. The smallest absolute Gasteiger partial charge is 0.337 e. The molecule has 0 radical (unpaired) electrons. The van der Waals surface area contributed by atoms with Crippen molar-refractivity contribution in [1.82, 2.24) is 5.43 Å². The first kappa shape index (κ1) is 22.0. The van der Waals surface area contributed by atoms with Gasteiger partial charge in [-0.05, 0) is 24.6 Å². The number of rotatable bonds is 8. The van der Waals surface area contributed by atoms with Crippen LogP contribution in [0.4, 0.5) is 5.69 Å². The highest BCUT2D eigenvalue weighted by atomic mass is 16.5. The first-order chi connectivity index (χ1) is 14.4. The number of hydrogen-bond acceptors (Lipinski definition) is 8. The molecule has 0 aliphatic heterocycles. The van der Waals surface area contributed by atoms with Crippen LogP contribution in [0, 0.1) is 0 Å². The third kappa shape index (κ3) is 6.09. The van der Waals surface area contributed by atoms with Gasteiger partial charge in [0.2, 0.25) is 0 Å². The lowest BCUT2D eigenvalue weighted by molar-refractivity contribution is -0.305. The minimum atomic E-state index is -1.35. The zero-order valence-corrected chi connectivity index (χ0v) is 15.8. The van der Waals surface area contributed by atoms with Gasteiger partial charge in [0.1, 0.15) is 5.69 Å². The van der Waals surface area contributed by atoms with E-state index in [2.05, 4.69) is 25.5 Å². The molecular formula is C20H17N4O6-. The molecule has 2 aromatic rings. The summed E-state index contributed by atoms with van der Waals surface area (Å²) in [5, 5.41) is 32.3. The Kier molecular flexibility index (Phi) is 7.94. The number of ether oxygens (including phenoxy) is 1. The molecule has 1 amide bonds. The maximum absolute atomic E-state index is 12.4. The van der Waals surface area contributed by atoms with Gasteiger partial charge in [0.25, 0.3) is 5.91 Å². The predicted molar refractivity (Wildman–Crippen MR) is 104 cm³/mol. The Morgan fingerprint density at radius 3 is 2.43 bits per heavy atom. The zero-order chi connectivity index (χ0) is 21.9. The van der Waals surface area contributed by atoms with Gasteiger partial charge in [-0.1, -0.05) is 42.5 Å². The standard InChI is InChI=1S/C20H18N4O6/c1-2-30-20(29)17(25)16(18(26)24-21-12-13-8-4-3-5-9-13)23-22-15-11-7-6-10-14(15)19(27)28/h3-12,25H,2H2,1H3,(H,24,26)(H,27,28)/p-1/b17-16+,21-12-,23-22?. The van der Waals surface area contributed by atoms with Crippen molar-refractivity contribution >= 4 is 29.7 Å². The molecule has 0 spiro atoms. The number of amides is 1. The lowest BCUT2D eigenvalue weighted by Crippen LogP contribution is -2.27. The van der Waals surface area contributed by atoms with Crippen LogP contribution in [0.25, 0.3) is 0 Å². The van der Waals surface area contributed by atoms with E-state index < -0.39 is 29.3 Å². The van der Waals surface area contributed by atoms with Crippen molar-refractivity contribution < 1.29 is 29.3 Å². The van der Waals surface area contributed by atoms with E-state index in [1.165, 1.54) is 37.4 Å². The van der Waals surface area contributed by atoms with Crippen molar-refractivity contribution in [3.63, 3.8) is 0 Å². The van der Waals surface area contributed by atoms with Crippen LogP contribution < -0.4 is 10.5 Å². The largest absolute Gasteiger partial charge is 0.866 e. The van der Waals surface area contributed by atoms with Gasteiger partial charge in [-0.25, -0.2) is 15.0 Å². The normalized spacial score (nSPS) is 11.9. The Balaban J connectivity index is 2.32. The molecule has 2 N–H and O–H groups in total. The predicted octanol–water partition coefficient (Wildman–Crippen LogP) is 1.75. The molecule has 30 heavy (non-hydrogen) atoms. The van der Waals surface area contributed by atoms with Crippen molar-refractivity contribution in [2.45, 2.75) is 6.92 Å². The lowest BCUT2D eigenvalue weighted by Gasteiger charge is -2.13. The fraction of sp³-hybridized carbons (Fsp3) is 0.100. The average Bonchev–Trinajstić information content (AvgIpc) is 2.74. The molecule has 0 atom stereocenters. The molecule has 0 bridgehead atoms. The lowest BCUT2D eigenvalue weighted by atomic mass is 10.2. The highest BCUT2D eigenvalue weighted by molar-refractivity contribution is 6.01. The van der Waals surface area contributed by atoms with Crippen LogP contribution in [0.15, 0.2) is 81.4 Å². The zero-order valence-electron chi connectivity index (χ0n) is 15.8. The van der Waals surface area contributed by atoms with Crippen molar-refractivity contribution in [3.8, 4) is 0 Å². The SMILES string of the molecule is CCOC(=O)/C([O-])=C(\N=Nc1ccccc1C(=O)O)C(=O)N/N=C\c1ccccc1. The molecule has 10 heteroatoms. The molecule has 0 aliphatic rings. The third-order valence-electron chi connectivity index (χ3n) is 3.46. The van der Waals surface area contributed by atoms with Crippen molar-refractivity contribution in [3.05, 3.63) is 77.2 Å². The molecule has 0 saturated heterocycles. The number of nitrogens with zero attached hydrogens (tertiary/aromatic N) is 3. The number of azo groups is 1. The molecule has 154 valence electrons. The van der Waals surface area contributed by atoms with E-state index >= 15 is 0 Å². The number of carbonyl (C=O) groups is 3. The van der Waals surface area contributed by atoms with E-state index in [0.29, 0.717) is 5.56 Å². The van der Waals surface area contributed by atoms with E-state index in [1.54, 1.807) is 30.3 Å². The molecule has 0 fully saturated rings. The van der Waals surface area contributed by atoms with E-state index in [0.717, 1.165) is 0 Å². The quantitative estimate of drug-likeness (QED) is 0.169. The molecule has 10 nitrogen and oxygen atoms in total. The first-order valence-electron chi connectivity index (χ1n) is 8.65. The van der Waals surface area contributed by atoms with E-state index in [4.69, 9.17) is 0 Å². The number of esters is 1. The van der Waals surface area contributed by atoms with Crippen LogP contribution in [0.2, 0.25) is 0 Å². The maximum atomic E-state index is 12.4. The second-order valence-electron chi connectivity index (χ2n) is 5.53. The maximum Gasteiger partial charge on any atom is 0.337 e. The Bertz CT molecular complexity index is 1010. The van der Waals surface area contributed by atoms with Gasteiger partial charge in [-0.3, -0.25) is 4.79 Å². The topological polar surface area (TPSA) is 153 Å². The molecule has 2 rings (SSSR count). The Morgan fingerprint density at radius 2 is 1.77 bits per heavy atom. The summed E-state index contributed by atoms with van der Waals surface area (Å²) in [6.45, 7) is 1.39. The third-order valence-corrected chi connectivity index (χ3v) is 3.46. The van der Waals surface area contributed by atoms with E-state index in [9.17, 15) is 24.6 Å². The average molecular weight is 409 g/mol. The molecule has 0 saturated carbocycles. The molecule has 0 aliphatic carbocycles. The second-order valence-corrected chi connectivity index (χ2v) is 5.53. The number of hydrazone groups is 1. The second kappa shape index (κ2) is 10.9. The molecular weight excluding hydrogens is 392 g/mol. The minimum absolute atomic E-state index is 0.0926. The van der Waals surface area contributed by atoms with Gasteiger partial charge >= 0.3 is 11.9 Å². The minimum Gasteiger partial charge on any atom is -0.866 e. The van der Waals surface area contributed by atoms with Crippen LogP contribution in [-0.4, -0.2) is 35.8 Å². The molecule has 0 aromatic heterocycles. The fourth-order valence-corrected chi connectivity index (χ4v) is 2.09. The number of benzene rings is 2. The Labute approximate surface area is 171 Å². The van der Waals surface area contributed by atoms with E-state index in [1.807, 2.05) is 0 Å². The fourth-order valence-electron chi connectivity index (χ4n) is 2.09. The highest BCUT2D eigenvalue weighted by Gasteiger charge is 2.16. The van der Waals surface area contributed by atoms with Crippen molar-refractivity contribution in [2.75, 3.05) is 6.61 Å². The summed E-state index contributed by atoms with van der Waals surface area (Å²) >= 11 is 0. The van der Waals surface area contributed by atoms with E-state index in [-0.39, 0.29) is 17.9 Å². The van der Waals surface area contributed by atoms with Gasteiger partial charge in [0.05, 0.1) is 18.4 Å². The van der Waals surface area contributed by atoms with Gasteiger partial charge in [0.15, 0.2) is 5.70 Å². The van der Waals surface area contributed by atoms with Crippen LogP contribution in [-0.2, 0) is 14.3 Å². The number of hydrogen-bond donors (Lipinski definition) is 2. The number of carboxylic acids is 1. The van der Waals surface area contributed by atoms with Crippen LogP contribution in [0.5, 0.6) is 0 Å². The van der Waals surface area contributed by atoms with Gasteiger partial charge in [0, 0.05) is 5.76 Å². The summed E-state index contributed by atoms with van der Waals surface area (Å²) in [6, 6.07) is 14.4. The van der Waals surface area contributed by atoms with Crippen molar-refractivity contribution in [1.29, 1.82) is 0 Å². The van der Waals surface area contributed by atoms with Crippen LogP contribution in [0.1, 0.15) is 22.8 Å². The Morgan fingerprint density at radius 1 is 1.10 bits per heavy atom. The summed E-state index contributed by atoms with van der Waals surface area (Å²) < 4.78 is 4.60. The summed E-state index contributed by atoms with van der Waals surface area (Å²) in [5.74, 6) is -5.04. The van der Waals surface area contributed by atoms with Crippen LogP contribution >= 0.6 is 0 Å². The molecule has 0 unspecified atom stereocenters. The highest BCUT2D eigenvalue weighted by Crippen LogP contribution is 2.20. The van der Waals surface area contributed by atoms with Gasteiger partial charge in [-0.2, -0.15) is 5.10 Å². The first-order valence-corrected chi connectivity index (χ1v) is 8.65. The number of aromatic carboxylic acids is 1. The number of nitrogens with one attached hydrogen (secondary N) is 1. The summed E-state index contributed by atoms with van der Waals surface area (Å²) in [5.41, 5.74) is 1.53. The summed E-state index contributed by atoms with van der Waals surface area (Å²) in [7, 11) is 0. The van der Waals surface area contributed by atoms with Crippen molar-refractivity contribution in [2.24, 2.45) is 15.3 Å². The number of carboxylic acid groups (broad SMARTS) is 1. The molecule has 0 heterocycles. The molecule has 2 aromatic carbocycles.